The van der Waals surface area contributed by atoms with Crippen LogP contribution in [0.15, 0.2) is 12.2 Å². The molecule has 0 aliphatic carbocycles. The lowest BCUT2D eigenvalue weighted by Gasteiger charge is -2.35. The zero-order chi connectivity index (χ0) is 12.1. The maximum Gasteiger partial charge on any atom is 0.334 e. The quantitative estimate of drug-likeness (QED) is 0.534. The summed E-state index contributed by atoms with van der Waals surface area (Å²) in [6.45, 7) is 12.3. The molecule has 1 rings (SSSR count). The van der Waals surface area contributed by atoms with Gasteiger partial charge >= 0.3 is 5.97 Å². The number of hydrogen-bond donors (Lipinski definition) is 0. The Bertz CT molecular complexity index is 255. The molecule has 0 aromatic heterocycles. The van der Waals surface area contributed by atoms with E-state index in [9.17, 15) is 4.79 Å². The van der Waals surface area contributed by atoms with Gasteiger partial charge in [0, 0.05) is 25.2 Å². The van der Waals surface area contributed by atoms with Gasteiger partial charge in [0.05, 0.1) is 18.8 Å². The third-order valence-electron chi connectivity index (χ3n) is 2.47. The van der Waals surface area contributed by atoms with Crippen molar-refractivity contribution >= 4 is 5.97 Å². The predicted molar refractivity (Wildman–Crippen MR) is 62.2 cm³/mol. The second kappa shape index (κ2) is 6.01. The highest BCUT2D eigenvalue weighted by Gasteiger charge is 2.23. The summed E-state index contributed by atoms with van der Waals surface area (Å²) in [6.07, 6.45) is 0.414. The van der Waals surface area contributed by atoms with Gasteiger partial charge in [0.15, 0.2) is 0 Å². The Morgan fingerprint density at radius 1 is 1.44 bits per heavy atom. The molecule has 0 N–H and O–H groups in total. The molecule has 2 unspecified atom stereocenters. The zero-order valence-electron chi connectivity index (χ0n) is 10.4. The van der Waals surface area contributed by atoms with E-state index >= 15 is 0 Å². The van der Waals surface area contributed by atoms with Crippen molar-refractivity contribution < 1.29 is 14.3 Å². The third kappa shape index (κ3) is 3.94. The maximum absolute atomic E-state index is 11.4. The van der Waals surface area contributed by atoms with Crippen molar-refractivity contribution in [3.8, 4) is 0 Å². The Kier molecular flexibility index (Phi) is 4.96. The highest BCUT2D eigenvalue weighted by atomic mass is 16.5. The summed E-state index contributed by atoms with van der Waals surface area (Å²) in [7, 11) is 0. The normalized spacial score (nSPS) is 26.4. The van der Waals surface area contributed by atoms with Gasteiger partial charge in [0.25, 0.3) is 0 Å². The van der Waals surface area contributed by atoms with Gasteiger partial charge in [-0.05, 0) is 20.8 Å². The lowest BCUT2D eigenvalue weighted by Crippen LogP contribution is -2.46. The summed E-state index contributed by atoms with van der Waals surface area (Å²) in [6, 6.07) is 0. The number of rotatable bonds is 4. The molecule has 1 fully saturated rings. The van der Waals surface area contributed by atoms with Crippen LogP contribution in [0, 0.1) is 0 Å². The van der Waals surface area contributed by atoms with E-state index in [4.69, 9.17) is 9.47 Å². The Hall–Kier alpha value is -0.870. The molecule has 1 aliphatic rings. The van der Waals surface area contributed by atoms with Crippen LogP contribution in [0.2, 0.25) is 0 Å². The minimum absolute atomic E-state index is 0.207. The number of morpholine rings is 1. The molecule has 4 nitrogen and oxygen atoms in total. The molecular formula is C12H21NO3. The smallest absolute Gasteiger partial charge is 0.334 e. The second-order valence-corrected chi connectivity index (χ2v) is 4.28. The summed E-state index contributed by atoms with van der Waals surface area (Å²) < 4.78 is 10.5. The first-order valence-corrected chi connectivity index (χ1v) is 5.75. The molecule has 0 spiro atoms. The first-order chi connectivity index (χ1) is 7.52. The van der Waals surface area contributed by atoms with E-state index in [2.05, 4.69) is 11.5 Å². The minimum Gasteiger partial charge on any atom is -0.463 e. The molecule has 92 valence electrons. The molecule has 2 atom stereocenters. The Labute approximate surface area is 97.2 Å². The number of hydrogen-bond acceptors (Lipinski definition) is 4. The molecule has 0 saturated carbocycles. The number of esters is 1. The molecule has 1 heterocycles. The van der Waals surface area contributed by atoms with E-state index in [1.807, 2.05) is 13.8 Å². The van der Waals surface area contributed by atoms with Gasteiger partial charge in [-0.15, -0.1) is 0 Å². The highest BCUT2D eigenvalue weighted by Crippen LogP contribution is 2.12. The first kappa shape index (κ1) is 13.2. The molecule has 0 aromatic rings. The van der Waals surface area contributed by atoms with Gasteiger partial charge < -0.3 is 9.47 Å². The van der Waals surface area contributed by atoms with Crippen LogP contribution in [0.1, 0.15) is 20.8 Å². The van der Waals surface area contributed by atoms with Gasteiger partial charge in [0.1, 0.15) is 0 Å². The van der Waals surface area contributed by atoms with Gasteiger partial charge in [-0.3, -0.25) is 4.90 Å². The molecule has 0 aromatic carbocycles. The highest BCUT2D eigenvalue weighted by molar-refractivity contribution is 5.88. The molecular weight excluding hydrogens is 206 g/mol. The SMILES string of the molecule is C=C(CN1CC(C)OC(C)C1)C(=O)OCC. The van der Waals surface area contributed by atoms with Crippen LogP contribution >= 0.6 is 0 Å². The molecule has 16 heavy (non-hydrogen) atoms. The van der Waals surface area contributed by atoms with Gasteiger partial charge in [-0.1, -0.05) is 6.58 Å². The number of nitrogens with zero attached hydrogens (tertiary/aromatic N) is 1. The third-order valence-corrected chi connectivity index (χ3v) is 2.47. The molecule has 1 aliphatic heterocycles. The van der Waals surface area contributed by atoms with Crippen molar-refractivity contribution in [3.63, 3.8) is 0 Å². The van der Waals surface area contributed by atoms with Crippen LogP contribution in [0.3, 0.4) is 0 Å². The van der Waals surface area contributed by atoms with E-state index in [0.717, 1.165) is 13.1 Å². The Morgan fingerprint density at radius 3 is 2.50 bits per heavy atom. The van der Waals surface area contributed by atoms with E-state index in [1.165, 1.54) is 0 Å². The van der Waals surface area contributed by atoms with Gasteiger partial charge in [-0.25, -0.2) is 4.79 Å². The fraction of sp³-hybridized carbons (Fsp3) is 0.750. The fourth-order valence-corrected chi connectivity index (χ4v) is 1.98. The van der Waals surface area contributed by atoms with Crippen molar-refractivity contribution in [1.29, 1.82) is 0 Å². The van der Waals surface area contributed by atoms with E-state index in [1.54, 1.807) is 6.92 Å². The summed E-state index contributed by atoms with van der Waals surface area (Å²) in [5.41, 5.74) is 0.517. The zero-order valence-corrected chi connectivity index (χ0v) is 10.4. The van der Waals surface area contributed by atoms with Crippen molar-refractivity contribution in [1.82, 2.24) is 4.90 Å². The number of ether oxygens (including phenoxy) is 2. The summed E-state index contributed by atoms with van der Waals surface area (Å²) in [5.74, 6) is -0.297. The molecule has 0 bridgehead atoms. The molecule has 0 radical (unpaired) electrons. The van der Waals surface area contributed by atoms with Gasteiger partial charge in [0.2, 0.25) is 0 Å². The van der Waals surface area contributed by atoms with E-state index in [0.29, 0.717) is 18.7 Å². The number of carbonyl (C=O) groups excluding carboxylic acids is 1. The standard InChI is InChI=1S/C12H21NO3/c1-5-15-12(14)9(2)6-13-7-10(3)16-11(4)8-13/h10-11H,2,5-8H2,1,3-4H3. The van der Waals surface area contributed by atoms with Crippen LogP contribution in [-0.2, 0) is 14.3 Å². The Balaban J connectivity index is 2.41. The minimum atomic E-state index is -0.297. The summed E-state index contributed by atoms with van der Waals surface area (Å²) in [4.78, 5) is 13.6. The van der Waals surface area contributed by atoms with Crippen molar-refractivity contribution in [2.75, 3.05) is 26.2 Å². The average molecular weight is 227 g/mol. The van der Waals surface area contributed by atoms with Crippen LogP contribution in [0.25, 0.3) is 0 Å². The van der Waals surface area contributed by atoms with Crippen LogP contribution < -0.4 is 0 Å². The number of carbonyl (C=O) groups is 1. The summed E-state index contributed by atoms with van der Waals surface area (Å²) >= 11 is 0. The molecule has 1 saturated heterocycles. The van der Waals surface area contributed by atoms with Crippen LogP contribution in [-0.4, -0.2) is 49.3 Å². The Morgan fingerprint density at radius 2 is 2.00 bits per heavy atom. The van der Waals surface area contributed by atoms with Crippen LogP contribution in [0.4, 0.5) is 0 Å². The lowest BCUT2D eigenvalue weighted by molar-refractivity contribution is -0.139. The fourth-order valence-electron chi connectivity index (χ4n) is 1.98. The van der Waals surface area contributed by atoms with Crippen molar-refractivity contribution in [2.24, 2.45) is 0 Å². The predicted octanol–water partition coefficient (Wildman–Crippen LogP) is 1.21. The summed E-state index contributed by atoms with van der Waals surface area (Å²) in [5, 5.41) is 0. The monoisotopic (exact) mass is 227 g/mol. The lowest BCUT2D eigenvalue weighted by atomic mass is 10.2. The molecule has 4 heteroatoms. The largest absolute Gasteiger partial charge is 0.463 e. The maximum atomic E-state index is 11.4. The molecule has 0 amide bonds. The van der Waals surface area contributed by atoms with E-state index in [-0.39, 0.29) is 18.2 Å². The average Bonchev–Trinajstić information content (AvgIpc) is 2.16. The first-order valence-electron chi connectivity index (χ1n) is 5.75. The second-order valence-electron chi connectivity index (χ2n) is 4.28. The van der Waals surface area contributed by atoms with E-state index < -0.39 is 0 Å². The van der Waals surface area contributed by atoms with Gasteiger partial charge in [-0.2, -0.15) is 0 Å². The van der Waals surface area contributed by atoms with Crippen molar-refractivity contribution in [2.45, 2.75) is 33.0 Å². The van der Waals surface area contributed by atoms with Crippen molar-refractivity contribution in [3.05, 3.63) is 12.2 Å². The van der Waals surface area contributed by atoms with Crippen LogP contribution in [0.5, 0.6) is 0 Å². The topological polar surface area (TPSA) is 38.8 Å².